The van der Waals surface area contributed by atoms with Crippen LogP contribution < -0.4 is 10.1 Å². The molecule has 0 unspecified atom stereocenters. The minimum absolute atomic E-state index is 0.0246. The van der Waals surface area contributed by atoms with Crippen molar-refractivity contribution in [3.63, 3.8) is 0 Å². The fraction of sp³-hybridized carbons (Fsp3) is 0.154. The summed E-state index contributed by atoms with van der Waals surface area (Å²) in [5.41, 5.74) is 4.84. The van der Waals surface area contributed by atoms with Crippen LogP contribution >= 0.6 is 0 Å². The standard InChI is InChI=1S/C26H25N3O2/c1-19-25(20(2)29(28-19)22-9-5-3-6-10-22)17-26(30)27-18-21-13-15-24(16-14-21)31-23-11-7-4-8-12-23/h3-16H,17-18H2,1-2H3,(H,27,30). The van der Waals surface area contributed by atoms with Crippen molar-refractivity contribution in [1.29, 1.82) is 0 Å². The Morgan fingerprint density at radius 1 is 0.871 bits per heavy atom. The van der Waals surface area contributed by atoms with Gasteiger partial charge in [-0.2, -0.15) is 5.10 Å². The highest BCUT2D eigenvalue weighted by molar-refractivity contribution is 5.79. The topological polar surface area (TPSA) is 56.2 Å². The summed E-state index contributed by atoms with van der Waals surface area (Å²) in [7, 11) is 0. The number of nitrogens with zero attached hydrogens (tertiary/aromatic N) is 2. The van der Waals surface area contributed by atoms with Gasteiger partial charge in [0, 0.05) is 17.8 Å². The van der Waals surface area contributed by atoms with Crippen molar-refractivity contribution < 1.29 is 9.53 Å². The van der Waals surface area contributed by atoms with E-state index in [2.05, 4.69) is 10.4 Å². The normalized spacial score (nSPS) is 10.6. The predicted octanol–water partition coefficient (Wildman–Crippen LogP) is 5.14. The Kier molecular flexibility index (Phi) is 6.13. The molecule has 0 aliphatic rings. The van der Waals surface area contributed by atoms with Crippen molar-refractivity contribution in [2.75, 3.05) is 0 Å². The number of carbonyl (C=O) groups excluding carboxylic acids is 1. The van der Waals surface area contributed by atoms with Crippen LogP contribution in [0.4, 0.5) is 0 Å². The molecule has 5 heteroatoms. The number of benzene rings is 3. The van der Waals surface area contributed by atoms with Gasteiger partial charge in [0.25, 0.3) is 0 Å². The van der Waals surface area contributed by atoms with Gasteiger partial charge in [0.2, 0.25) is 5.91 Å². The summed E-state index contributed by atoms with van der Waals surface area (Å²) < 4.78 is 7.70. The summed E-state index contributed by atoms with van der Waals surface area (Å²) in [5.74, 6) is 1.54. The van der Waals surface area contributed by atoms with E-state index in [1.165, 1.54) is 0 Å². The average Bonchev–Trinajstić information content (AvgIpc) is 3.08. The van der Waals surface area contributed by atoms with Crippen molar-refractivity contribution in [2.24, 2.45) is 0 Å². The number of amides is 1. The maximum atomic E-state index is 12.6. The monoisotopic (exact) mass is 411 g/mol. The highest BCUT2D eigenvalue weighted by Crippen LogP contribution is 2.21. The van der Waals surface area contributed by atoms with Gasteiger partial charge in [0.1, 0.15) is 11.5 Å². The minimum Gasteiger partial charge on any atom is -0.457 e. The number of aryl methyl sites for hydroxylation is 1. The zero-order chi connectivity index (χ0) is 21.6. The first-order valence-corrected chi connectivity index (χ1v) is 10.3. The first-order valence-electron chi connectivity index (χ1n) is 10.3. The van der Waals surface area contributed by atoms with Crippen molar-refractivity contribution in [1.82, 2.24) is 15.1 Å². The maximum Gasteiger partial charge on any atom is 0.224 e. The molecule has 0 bridgehead atoms. The van der Waals surface area contributed by atoms with Gasteiger partial charge in [-0.25, -0.2) is 4.68 Å². The molecule has 1 amide bonds. The predicted molar refractivity (Wildman–Crippen MR) is 122 cm³/mol. The van der Waals surface area contributed by atoms with E-state index in [0.717, 1.165) is 39.7 Å². The molecule has 0 atom stereocenters. The zero-order valence-electron chi connectivity index (χ0n) is 17.7. The van der Waals surface area contributed by atoms with Crippen LogP contribution in [0, 0.1) is 13.8 Å². The summed E-state index contributed by atoms with van der Waals surface area (Å²) in [5, 5.41) is 7.62. The highest BCUT2D eigenvalue weighted by atomic mass is 16.5. The van der Waals surface area contributed by atoms with E-state index >= 15 is 0 Å². The van der Waals surface area contributed by atoms with Gasteiger partial charge >= 0.3 is 0 Å². The van der Waals surface area contributed by atoms with E-state index in [1.54, 1.807) is 0 Å². The van der Waals surface area contributed by atoms with Gasteiger partial charge in [-0.15, -0.1) is 0 Å². The summed E-state index contributed by atoms with van der Waals surface area (Å²) >= 11 is 0. The van der Waals surface area contributed by atoms with Gasteiger partial charge in [0.05, 0.1) is 17.8 Å². The molecule has 0 spiro atoms. The average molecular weight is 412 g/mol. The van der Waals surface area contributed by atoms with E-state index in [0.29, 0.717) is 13.0 Å². The lowest BCUT2D eigenvalue weighted by molar-refractivity contribution is -0.120. The number of hydrogen-bond donors (Lipinski definition) is 1. The first-order chi connectivity index (χ1) is 15.1. The Bertz CT molecular complexity index is 1150. The molecule has 0 aliphatic heterocycles. The van der Waals surface area contributed by atoms with E-state index in [1.807, 2.05) is 103 Å². The van der Waals surface area contributed by atoms with E-state index < -0.39 is 0 Å². The van der Waals surface area contributed by atoms with Crippen LogP contribution in [-0.2, 0) is 17.8 Å². The molecule has 4 aromatic rings. The Morgan fingerprint density at radius 3 is 2.16 bits per heavy atom. The Hall–Kier alpha value is -3.86. The number of carbonyl (C=O) groups is 1. The van der Waals surface area contributed by atoms with Crippen LogP contribution in [0.1, 0.15) is 22.5 Å². The lowest BCUT2D eigenvalue weighted by Crippen LogP contribution is -2.25. The second kappa shape index (κ2) is 9.30. The molecule has 0 saturated heterocycles. The molecule has 0 fully saturated rings. The van der Waals surface area contributed by atoms with Gasteiger partial charge in [-0.3, -0.25) is 4.79 Å². The summed E-state index contributed by atoms with van der Waals surface area (Å²) in [6, 6.07) is 27.3. The summed E-state index contributed by atoms with van der Waals surface area (Å²) in [6.45, 7) is 4.41. The smallest absolute Gasteiger partial charge is 0.224 e. The lowest BCUT2D eigenvalue weighted by Gasteiger charge is -2.09. The molecule has 3 aromatic carbocycles. The Morgan fingerprint density at radius 2 is 1.48 bits per heavy atom. The van der Waals surface area contributed by atoms with E-state index in [4.69, 9.17) is 4.74 Å². The minimum atomic E-state index is -0.0246. The van der Waals surface area contributed by atoms with Gasteiger partial charge in [-0.05, 0) is 55.8 Å². The highest BCUT2D eigenvalue weighted by Gasteiger charge is 2.15. The molecule has 1 aromatic heterocycles. The molecule has 4 rings (SSSR count). The van der Waals surface area contributed by atoms with E-state index in [-0.39, 0.29) is 5.91 Å². The molecule has 156 valence electrons. The summed E-state index contributed by atoms with van der Waals surface area (Å²) in [6.07, 6.45) is 0.305. The molecule has 1 heterocycles. The van der Waals surface area contributed by atoms with Crippen LogP contribution in [0.3, 0.4) is 0 Å². The maximum absolute atomic E-state index is 12.6. The molecule has 31 heavy (non-hydrogen) atoms. The van der Waals surface area contributed by atoms with Crippen LogP contribution in [-0.4, -0.2) is 15.7 Å². The third-order valence-electron chi connectivity index (χ3n) is 5.17. The second-order valence-electron chi connectivity index (χ2n) is 7.41. The number of hydrogen-bond acceptors (Lipinski definition) is 3. The van der Waals surface area contributed by atoms with E-state index in [9.17, 15) is 4.79 Å². The molecule has 0 aliphatic carbocycles. The largest absolute Gasteiger partial charge is 0.457 e. The van der Waals surface area contributed by atoms with Crippen molar-refractivity contribution in [2.45, 2.75) is 26.8 Å². The summed E-state index contributed by atoms with van der Waals surface area (Å²) in [4.78, 5) is 12.6. The van der Waals surface area contributed by atoms with Gasteiger partial charge < -0.3 is 10.1 Å². The number of aromatic nitrogens is 2. The van der Waals surface area contributed by atoms with Crippen molar-refractivity contribution >= 4 is 5.91 Å². The number of rotatable bonds is 7. The third-order valence-corrected chi connectivity index (χ3v) is 5.17. The fourth-order valence-corrected chi connectivity index (χ4v) is 3.48. The molecular weight excluding hydrogens is 386 g/mol. The third kappa shape index (κ3) is 5.01. The Balaban J connectivity index is 1.35. The quantitative estimate of drug-likeness (QED) is 0.458. The van der Waals surface area contributed by atoms with Crippen LogP contribution in [0.15, 0.2) is 84.9 Å². The zero-order valence-corrected chi connectivity index (χ0v) is 17.7. The van der Waals surface area contributed by atoms with Crippen LogP contribution in [0.5, 0.6) is 11.5 Å². The Labute approximate surface area is 182 Å². The van der Waals surface area contributed by atoms with Crippen molar-refractivity contribution in [3.05, 3.63) is 107 Å². The molecule has 0 saturated carbocycles. The fourth-order valence-electron chi connectivity index (χ4n) is 3.48. The SMILES string of the molecule is Cc1nn(-c2ccccc2)c(C)c1CC(=O)NCc1ccc(Oc2ccccc2)cc1. The van der Waals surface area contributed by atoms with Crippen molar-refractivity contribution in [3.8, 4) is 17.2 Å². The lowest BCUT2D eigenvalue weighted by atomic mass is 10.1. The van der Waals surface area contributed by atoms with Crippen LogP contribution in [0.2, 0.25) is 0 Å². The molecule has 1 N–H and O–H groups in total. The molecule has 5 nitrogen and oxygen atoms in total. The molecular formula is C26H25N3O2. The van der Waals surface area contributed by atoms with Gasteiger partial charge in [-0.1, -0.05) is 48.5 Å². The second-order valence-corrected chi connectivity index (χ2v) is 7.41. The first kappa shape index (κ1) is 20.4. The van der Waals surface area contributed by atoms with Gasteiger partial charge in [0.15, 0.2) is 0 Å². The number of ether oxygens (including phenoxy) is 1. The molecule has 0 radical (unpaired) electrons. The number of nitrogens with one attached hydrogen (secondary N) is 1. The van der Waals surface area contributed by atoms with Crippen LogP contribution in [0.25, 0.3) is 5.69 Å². The number of para-hydroxylation sites is 2.